The Hall–Kier alpha value is -3.72. The largest absolute Gasteiger partial charge is 0.454 e. The van der Waals surface area contributed by atoms with E-state index >= 15 is 0 Å². The van der Waals surface area contributed by atoms with E-state index in [2.05, 4.69) is 40.5 Å². The maximum atomic E-state index is 13.7. The van der Waals surface area contributed by atoms with E-state index in [9.17, 15) is 4.79 Å². The van der Waals surface area contributed by atoms with Crippen LogP contribution in [0.1, 0.15) is 36.1 Å². The number of rotatable bonds is 9. The lowest BCUT2D eigenvalue weighted by atomic mass is 10.1. The fraction of sp³-hybridized carbons (Fsp3) is 0.367. The minimum Gasteiger partial charge on any atom is -0.454 e. The van der Waals surface area contributed by atoms with E-state index < -0.39 is 0 Å². The molecule has 4 aromatic rings. The SMILES string of the molecule is CSc1ccc2cc(CN(Cc3ccc4c(c3)OCO4)C(=O)CCn3ccc(C)n3)c(N3CCCC3)nc2c1. The van der Waals surface area contributed by atoms with E-state index in [1.165, 1.54) is 4.90 Å². The summed E-state index contributed by atoms with van der Waals surface area (Å²) in [5, 5.41) is 5.55. The summed E-state index contributed by atoms with van der Waals surface area (Å²) in [5.41, 5.74) is 4.02. The first kappa shape index (κ1) is 25.6. The average Bonchev–Trinajstić information content (AvgIpc) is 3.73. The summed E-state index contributed by atoms with van der Waals surface area (Å²) in [4.78, 5) is 24.4. The van der Waals surface area contributed by atoms with Crippen molar-refractivity contribution in [2.75, 3.05) is 31.0 Å². The second-order valence-corrected chi connectivity index (χ2v) is 11.0. The Bertz CT molecular complexity index is 1500. The van der Waals surface area contributed by atoms with Crippen LogP contribution in [-0.4, -0.2) is 51.7 Å². The van der Waals surface area contributed by atoms with E-state index in [0.717, 1.165) is 71.0 Å². The first-order valence-corrected chi connectivity index (χ1v) is 14.7. The molecule has 202 valence electrons. The van der Waals surface area contributed by atoms with Gasteiger partial charge in [-0.3, -0.25) is 9.48 Å². The van der Waals surface area contributed by atoms with Crippen molar-refractivity contribution in [1.82, 2.24) is 19.7 Å². The van der Waals surface area contributed by atoms with Gasteiger partial charge in [0.15, 0.2) is 11.5 Å². The quantitative estimate of drug-likeness (QED) is 0.261. The molecule has 2 aromatic heterocycles. The molecule has 0 aliphatic carbocycles. The Morgan fingerprint density at radius 1 is 1.03 bits per heavy atom. The molecule has 0 unspecified atom stereocenters. The summed E-state index contributed by atoms with van der Waals surface area (Å²) in [7, 11) is 0. The molecule has 1 saturated heterocycles. The summed E-state index contributed by atoms with van der Waals surface area (Å²) in [6.45, 7) is 5.65. The van der Waals surface area contributed by atoms with Crippen molar-refractivity contribution in [2.24, 2.45) is 0 Å². The van der Waals surface area contributed by atoms with E-state index in [1.807, 2.05) is 47.0 Å². The average molecular weight is 544 g/mol. The standard InChI is InChI=1S/C30H33N5O3S/c1-21-9-13-35(32-21)14-10-29(36)34(18-22-5-8-27-28(15-22)38-20-37-27)19-24-16-23-6-7-25(39-2)17-26(23)31-30(24)33-11-3-4-12-33/h5-9,13,15-17H,3-4,10-12,14,18-20H2,1-2H3. The number of anilines is 1. The molecule has 8 nitrogen and oxygen atoms in total. The molecule has 0 radical (unpaired) electrons. The number of hydrogen-bond donors (Lipinski definition) is 0. The van der Waals surface area contributed by atoms with Crippen molar-refractivity contribution in [1.29, 1.82) is 0 Å². The molecule has 0 bridgehead atoms. The zero-order valence-corrected chi connectivity index (χ0v) is 23.2. The summed E-state index contributed by atoms with van der Waals surface area (Å²) in [6, 6.07) is 16.5. The topological polar surface area (TPSA) is 72.7 Å². The number of amides is 1. The molecule has 0 saturated carbocycles. The predicted octanol–water partition coefficient (Wildman–Crippen LogP) is 5.41. The predicted molar refractivity (Wildman–Crippen MR) is 153 cm³/mol. The van der Waals surface area contributed by atoms with Crippen molar-refractivity contribution in [2.45, 2.75) is 50.7 Å². The molecule has 1 fully saturated rings. The van der Waals surface area contributed by atoms with E-state index in [1.54, 1.807) is 11.8 Å². The smallest absolute Gasteiger partial charge is 0.231 e. The Balaban J connectivity index is 1.32. The monoisotopic (exact) mass is 543 g/mol. The molecule has 0 atom stereocenters. The summed E-state index contributed by atoms with van der Waals surface area (Å²) in [5.74, 6) is 2.53. The fourth-order valence-electron chi connectivity index (χ4n) is 5.28. The zero-order chi connectivity index (χ0) is 26.8. The van der Waals surface area contributed by atoms with Crippen molar-refractivity contribution < 1.29 is 14.3 Å². The molecule has 2 aromatic carbocycles. The molecule has 4 heterocycles. The molecule has 39 heavy (non-hydrogen) atoms. The summed E-state index contributed by atoms with van der Waals surface area (Å²) >= 11 is 1.72. The van der Waals surface area contributed by atoms with Gasteiger partial charge in [-0.2, -0.15) is 5.10 Å². The molecular formula is C30H33N5O3S. The summed E-state index contributed by atoms with van der Waals surface area (Å²) in [6.07, 6.45) is 6.69. The van der Waals surface area contributed by atoms with Gasteiger partial charge in [0.1, 0.15) is 5.82 Å². The van der Waals surface area contributed by atoms with Crippen molar-refractivity contribution in [3.63, 3.8) is 0 Å². The number of pyridine rings is 1. The highest BCUT2D eigenvalue weighted by Crippen LogP contribution is 2.34. The molecule has 9 heteroatoms. The highest BCUT2D eigenvalue weighted by Gasteiger charge is 2.23. The number of benzene rings is 2. The van der Waals surface area contributed by atoms with Gasteiger partial charge in [-0.15, -0.1) is 11.8 Å². The van der Waals surface area contributed by atoms with Crippen LogP contribution >= 0.6 is 11.8 Å². The lowest BCUT2D eigenvalue weighted by molar-refractivity contribution is -0.132. The first-order valence-electron chi connectivity index (χ1n) is 13.4. The Kier molecular flexibility index (Phi) is 7.32. The number of nitrogens with zero attached hydrogens (tertiary/aromatic N) is 5. The molecular weight excluding hydrogens is 510 g/mol. The second-order valence-electron chi connectivity index (χ2n) is 10.1. The molecule has 6 rings (SSSR count). The van der Waals surface area contributed by atoms with Crippen LogP contribution in [0.3, 0.4) is 0 Å². The number of hydrogen-bond acceptors (Lipinski definition) is 7. The molecule has 2 aliphatic rings. The van der Waals surface area contributed by atoms with Gasteiger partial charge < -0.3 is 19.3 Å². The molecule has 0 spiro atoms. The van der Waals surface area contributed by atoms with Gasteiger partial charge in [0.25, 0.3) is 0 Å². The third-order valence-corrected chi connectivity index (χ3v) is 8.06. The van der Waals surface area contributed by atoms with E-state index in [4.69, 9.17) is 14.5 Å². The number of ether oxygens (including phenoxy) is 2. The maximum Gasteiger partial charge on any atom is 0.231 e. The third kappa shape index (κ3) is 5.68. The van der Waals surface area contributed by atoms with Gasteiger partial charge in [0, 0.05) is 61.2 Å². The number of aryl methyl sites for hydroxylation is 2. The molecule has 1 amide bonds. The van der Waals surface area contributed by atoms with Gasteiger partial charge in [0.05, 0.1) is 11.2 Å². The van der Waals surface area contributed by atoms with Gasteiger partial charge in [-0.05, 0) is 68.0 Å². The van der Waals surface area contributed by atoms with Gasteiger partial charge in [-0.25, -0.2) is 4.98 Å². The number of aromatic nitrogens is 3. The normalized spacial score (nSPS) is 14.4. The molecule has 0 N–H and O–H groups in total. The van der Waals surface area contributed by atoms with Crippen molar-refractivity contribution >= 4 is 34.4 Å². The van der Waals surface area contributed by atoms with Crippen LogP contribution in [0.4, 0.5) is 5.82 Å². The second kappa shape index (κ2) is 11.2. The van der Waals surface area contributed by atoms with Crippen LogP contribution in [0.2, 0.25) is 0 Å². The lowest BCUT2D eigenvalue weighted by Crippen LogP contribution is -2.32. The van der Waals surface area contributed by atoms with E-state index in [0.29, 0.717) is 26.1 Å². The third-order valence-electron chi connectivity index (χ3n) is 7.34. The highest BCUT2D eigenvalue weighted by molar-refractivity contribution is 7.98. The zero-order valence-electron chi connectivity index (χ0n) is 22.4. The maximum absolute atomic E-state index is 13.7. The van der Waals surface area contributed by atoms with Gasteiger partial charge >= 0.3 is 0 Å². The van der Waals surface area contributed by atoms with Crippen LogP contribution in [0.25, 0.3) is 10.9 Å². The number of fused-ring (bicyclic) bond motifs is 2. The van der Waals surface area contributed by atoms with E-state index in [-0.39, 0.29) is 12.7 Å². The number of carbonyl (C=O) groups is 1. The van der Waals surface area contributed by atoms with Crippen LogP contribution in [0, 0.1) is 6.92 Å². The summed E-state index contributed by atoms with van der Waals surface area (Å²) < 4.78 is 12.9. The van der Waals surface area contributed by atoms with Crippen LogP contribution in [0.5, 0.6) is 11.5 Å². The first-order chi connectivity index (χ1) is 19.1. The molecule has 2 aliphatic heterocycles. The minimum atomic E-state index is 0.0750. The highest BCUT2D eigenvalue weighted by atomic mass is 32.2. The van der Waals surface area contributed by atoms with Crippen LogP contribution in [0.15, 0.2) is 59.6 Å². The Morgan fingerprint density at radius 2 is 1.87 bits per heavy atom. The van der Waals surface area contributed by atoms with Crippen LogP contribution in [-0.2, 0) is 24.4 Å². The number of carbonyl (C=O) groups excluding carboxylic acids is 1. The van der Waals surface area contributed by atoms with Gasteiger partial charge in [-0.1, -0.05) is 12.1 Å². The van der Waals surface area contributed by atoms with Crippen LogP contribution < -0.4 is 14.4 Å². The van der Waals surface area contributed by atoms with Crippen molar-refractivity contribution in [3.8, 4) is 11.5 Å². The lowest BCUT2D eigenvalue weighted by Gasteiger charge is -2.27. The fourth-order valence-corrected chi connectivity index (χ4v) is 5.71. The van der Waals surface area contributed by atoms with Gasteiger partial charge in [0.2, 0.25) is 12.7 Å². The minimum absolute atomic E-state index is 0.0750. The Morgan fingerprint density at radius 3 is 2.67 bits per heavy atom. The van der Waals surface area contributed by atoms with Crippen molar-refractivity contribution in [3.05, 3.63) is 71.5 Å². The number of thioether (sulfide) groups is 1. The Labute approximate surface area is 232 Å².